The van der Waals surface area contributed by atoms with Crippen molar-refractivity contribution in [2.24, 2.45) is 0 Å². The molecule has 3 aliphatic heterocycles. The Morgan fingerprint density at radius 1 is 1.28 bits per heavy atom. The summed E-state index contributed by atoms with van der Waals surface area (Å²) in [7, 11) is 0. The minimum atomic E-state index is -0.842. The molecule has 0 radical (unpaired) electrons. The fourth-order valence-electron chi connectivity index (χ4n) is 2.83. The van der Waals surface area contributed by atoms with Crippen LogP contribution in [0.3, 0.4) is 0 Å². The van der Waals surface area contributed by atoms with Gasteiger partial charge >= 0.3 is 0 Å². The van der Waals surface area contributed by atoms with Crippen LogP contribution in [-0.4, -0.2) is 58.3 Å². The largest absolute Gasteiger partial charge is 0.508 e. The lowest BCUT2D eigenvalue weighted by molar-refractivity contribution is 0.101. The summed E-state index contributed by atoms with van der Waals surface area (Å²) in [5, 5.41) is 20.4. The fourth-order valence-corrected chi connectivity index (χ4v) is 3.61. The van der Waals surface area contributed by atoms with Crippen LogP contribution in [0.2, 0.25) is 0 Å². The number of rotatable bonds is 0. The second-order valence-corrected chi connectivity index (χ2v) is 6.51. The molecule has 18 heavy (non-hydrogen) atoms. The number of alkyl halides is 1. The lowest BCUT2D eigenvalue weighted by Crippen LogP contribution is -2.46. The molecule has 3 heterocycles. The Bertz CT molecular complexity index is 461. The minimum absolute atomic E-state index is 0.0135. The zero-order chi connectivity index (χ0) is 12.5. The molecule has 1 aliphatic carbocycles. The van der Waals surface area contributed by atoms with Crippen LogP contribution in [-0.2, 0) is 14.2 Å². The molecule has 2 bridgehead atoms. The molecule has 98 valence electrons. The minimum Gasteiger partial charge on any atom is -0.508 e. The zero-order valence-electron chi connectivity index (χ0n) is 9.45. The lowest BCUT2D eigenvalue weighted by atomic mass is 9.84. The van der Waals surface area contributed by atoms with Crippen molar-refractivity contribution in [3.05, 3.63) is 23.5 Å². The first-order valence-corrected chi connectivity index (χ1v) is 6.78. The maximum Gasteiger partial charge on any atom is 0.119 e. The molecule has 6 heteroatoms. The van der Waals surface area contributed by atoms with Crippen molar-refractivity contribution in [3.8, 4) is 0 Å². The first kappa shape index (κ1) is 11.4. The molecule has 4 aliphatic rings. The van der Waals surface area contributed by atoms with Gasteiger partial charge in [0.15, 0.2) is 0 Å². The fraction of sp³-hybridized carbons (Fsp3) is 0.667. The van der Waals surface area contributed by atoms with Gasteiger partial charge in [0, 0.05) is 5.57 Å². The molecule has 3 fully saturated rings. The first-order valence-electron chi connectivity index (χ1n) is 5.99. The predicted octanol–water partition coefficient (Wildman–Crippen LogP) is 0.428. The van der Waals surface area contributed by atoms with Crippen molar-refractivity contribution in [1.82, 2.24) is 0 Å². The van der Waals surface area contributed by atoms with Gasteiger partial charge in [-0.2, -0.15) is 0 Å². The van der Waals surface area contributed by atoms with E-state index >= 15 is 0 Å². The van der Waals surface area contributed by atoms with Crippen molar-refractivity contribution in [2.45, 2.75) is 34.8 Å². The van der Waals surface area contributed by atoms with Crippen molar-refractivity contribution in [2.75, 3.05) is 13.2 Å². The predicted molar refractivity (Wildman–Crippen MR) is 64.6 cm³/mol. The number of hydrogen-bond acceptors (Lipinski definition) is 5. The molecule has 0 aromatic rings. The highest BCUT2D eigenvalue weighted by molar-refractivity contribution is 9.10. The number of aliphatic hydroxyl groups excluding tert-OH is 2. The Kier molecular flexibility index (Phi) is 2.27. The van der Waals surface area contributed by atoms with E-state index in [9.17, 15) is 10.2 Å². The number of allylic oxidation sites excluding steroid dienone is 1. The number of hydrogen-bond donors (Lipinski definition) is 2. The van der Waals surface area contributed by atoms with E-state index in [2.05, 4.69) is 15.9 Å². The van der Waals surface area contributed by atoms with Crippen molar-refractivity contribution in [3.63, 3.8) is 0 Å². The van der Waals surface area contributed by atoms with Crippen LogP contribution in [0.25, 0.3) is 0 Å². The summed E-state index contributed by atoms with van der Waals surface area (Å²) in [4.78, 5) is 0. The molecule has 4 rings (SSSR count). The molecule has 2 N–H and O–H groups in total. The number of fused-ring (bicyclic) bond motifs is 6. The smallest absolute Gasteiger partial charge is 0.119 e. The van der Waals surface area contributed by atoms with Crippen LogP contribution in [0, 0.1) is 0 Å². The van der Waals surface area contributed by atoms with Gasteiger partial charge in [-0.25, -0.2) is 0 Å². The third-order valence-corrected chi connectivity index (χ3v) is 5.13. The second kappa shape index (κ2) is 3.58. The summed E-state index contributed by atoms with van der Waals surface area (Å²) in [6, 6.07) is 0. The molecule has 0 aromatic carbocycles. The highest BCUT2D eigenvalue weighted by Gasteiger charge is 2.61. The summed E-state index contributed by atoms with van der Waals surface area (Å²) < 4.78 is 15.9. The molecule has 0 amide bonds. The van der Waals surface area contributed by atoms with Crippen LogP contribution in [0.15, 0.2) is 23.5 Å². The summed E-state index contributed by atoms with van der Waals surface area (Å²) in [5.41, 5.74) is 0.527. The maximum atomic E-state index is 10.5. The highest BCUT2D eigenvalue weighted by atomic mass is 79.9. The quantitative estimate of drug-likeness (QED) is 0.501. The summed E-state index contributed by atoms with van der Waals surface area (Å²) >= 11 is 3.56. The van der Waals surface area contributed by atoms with Gasteiger partial charge in [0.25, 0.3) is 0 Å². The Morgan fingerprint density at radius 2 is 2.06 bits per heavy atom. The van der Waals surface area contributed by atoms with Crippen molar-refractivity contribution < 1.29 is 24.4 Å². The van der Waals surface area contributed by atoms with E-state index in [-0.39, 0.29) is 30.2 Å². The number of aliphatic hydroxyl groups is 2. The van der Waals surface area contributed by atoms with E-state index in [1.54, 1.807) is 12.2 Å². The normalized spacial score (nSPS) is 53.6. The topological polar surface area (TPSA) is 74.8 Å². The van der Waals surface area contributed by atoms with E-state index in [0.29, 0.717) is 18.8 Å². The maximum absolute atomic E-state index is 10.5. The molecule has 6 atom stereocenters. The number of halogens is 1. The average Bonchev–Trinajstić information content (AvgIpc) is 3.21. The SMILES string of the molecule is OC1=C2C3OC3COCC3OC3C(Br)(C=C1)C2O. The van der Waals surface area contributed by atoms with Gasteiger partial charge in [0.1, 0.15) is 40.6 Å². The Labute approximate surface area is 112 Å². The third-order valence-electron chi connectivity index (χ3n) is 3.98. The zero-order valence-corrected chi connectivity index (χ0v) is 11.0. The lowest BCUT2D eigenvalue weighted by Gasteiger charge is -2.33. The Morgan fingerprint density at radius 3 is 2.89 bits per heavy atom. The van der Waals surface area contributed by atoms with Gasteiger partial charge in [-0.1, -0.05) is 22.0 Å². The summed E-state index contributed by atoms with van der Waals surface area (Å²) in [5.74, 6) is 0.0860. The second-order valence-electron chi connectivity index (χ2n) is 5.13. The van der Waals surface area contributed by atoms with Gasteiger partial charge < -0.3 is 24.4 Å². The third kappa shape index (κ3) is 1.47. The van der Waals surface area contributed by atoms with E-state index in [1.807, 2.05) is 0 Å². The van der Waals surface area contributed by atoms with Crippen LogP contribution in [0.4, 0.5) is 0 Å². The van der Waals surface area contributed by atoms with E-state index in [1.165, 1.54) is 0 Å². The molecule has 0 saturated carbocycles. The molecule has 6 unspecified atom stereocenters. The van der Waals surface area contributed by atoms with Gasteiger partial charge in [0.05, 0.1) is 13.2 Å². The first-order chi connectivity index (χ1) is 8.61. The van der Waals surface area contributed by atoms with Crippen molar-refractivity contribution in [1.29, 1.82) is 0 Å². The van der Waals surface area contributed by atoms with Gasteiger partial charge in [0.2, 0.25) is 0 Å². The molecule has 3 saturated heterocycles. The molecule has 0 aromatic heterocycles. The number of epoxide rings is 2. The van der Waals surface area contributed by atoms with E-state index in [4.69, 9.17) is 14.2 Å². The van der Waals surface area contributed by atoms with Gasteiger partial charge in [-0.15, -0.1) is 0 Å². The molecular formula is C12H13BrO5. The molecule has 5 nitrogen and oxygen atoms in total. The van der Waals surface area contributed by atoms with Crippen LogP contribution in [0.5, 0.6) is 0 Å². The highest BCUT2D eigenvalue weighted by Crippen LogP contribution is 2.50. The monoisotopic (exact) mass is 316 g/mol. The van der Waals surface area contributed by atoms with E-state index in [0.717, 1.165) is 0 Å². The van der Waals surface area contributed by atoms with Crippen molar-refractivity contribution >= 4 is 15.9 Å². The summed E-state index contributed by atoms with van der Waals surface area (Å²) in [6.07, 6.45) is 2.04. The number of ether oxygens (including phenoxy) is 3. The summed E-state index contributed by atoms with van der Waals surface area (Å²) in [6.45, 7) is 0.982. The van der Waals surface area contributed by atoms with Crippen LogP contribution >= 0.6 is 15.9 Å². The van der Waals surface area contributed by atoms with E-state index < -0.39 is 10.4 Å². The van der Waals surface area contributed by atoms with Crippen LogP contribution in [0.1, 0.15) is 0 Å². The molecular weight excluding hydrogens is 304 g/mol. The van der Waals surface area contributed by atoms with Gasteiger partial charge in [-0.3, -0.25) is 0 Å². The Balaban J connectivity index is 1.75. The molecule has 0 spiro atoms. The van der Waals surface area contributed by atoms with Crippen LogP contribution < -0.4 is 0 Å². The average molecular weight is 317 g/mol. The Hall–Kier alpha value is -0.400. The standard InChI is InChI=1S/C12H13BrO5/c13-12-2-1-5(14)8(10(12)15)9-6(17-9)3-16-4-7-11(12)18-7/h1-2,6-7,9-11,14-15H,3-4H2. The van der Waals surface area contributed by atoms with Gasteiger partial charge in [-0.05, 0) is 6.08 Å².